The van der Waals surface area contributed by atoms with Gasteiger partial charge < -0.3 is 150 Å². The molecule has 30 atom stereocenters. The lowest BCUT2D eigenvalue weighted by Crippen LogP contribution is -2.71. The lowest BCUT2D eigenvalue weighted by molar-refractivity contribution is -0.387. The second kappa shape index (κ2) is 25.3. The third kappa shape index (κ3) is 12.6. The summed E-state index contributed by atoms with van der Waals surface area (Å²) in [6.07, 6.45) is -52.0. The van der Waals surface area contributed by atoms with E-state index < -0.39 is 229 Å². The van der Waals surface area contributed by atoms with Gasteiger partial charge in [0.2, 0.25) is 11.8 Å². The third-order valence-corrected chi connectivity index (χ3v) is 13.2. The highest BCUT2D eigenvalue weighted by Crippen LogP contribution is 2.37. The molecule has 0 aromatic heterocycles. The monoisotopic (exact) mass is 1060 g/mol. The Morgan fingerprint density at radius 2 is 0.806 bits per heavy atom. The van der Waals surface area contributed by atoms with Crippen LogP contribution in [-0.4, -0.2) is 316 Å². The van der Waals surface area contributed by atoms with Crippen molar-refractivity contribution in [2.24, 2.45) is 0 Å². The predicted octanol–water partition coefficient (Wildman–Crippen LogP) is -12.8. The Labute approximate surface area is 408 Å². The van der Waals surface area contributed by atoms with Gasteiger partial charge in [-0.15, -0.1) is 0 Å². The van der Waals surface area contributed by atoms with Gasteiger partial charge in [0.1, 0.15) is 140 Å². The van der Waals surface area contributed by atoms with E-state index in [1.165, 1.54) is 6.92 Å². The number of carbonyl (C=O) groups is 2. The molecule has 2 amide bonds. The zero-order chi connectivity index (χ0) is 53.2. The molecule has 72 heavy (non-hydrogen) atoms. The van der Waals surface area contributed by atoms with Gasteiger partial charge in [-0.3, -0.25) is 9.59 Å². The summed E-state index contributed by atoms with van der Waals surface area (Å²) < 4.78 is 63.4. The largest absolute Gasteiger partial charge is 0.394 e. The molecule has 32 nitrogen and oxygen atoms in total. The lowest BCUT2D eigenvalue weighted by Gasteiger charge is -2.51. The Kier molecular flexibility index (Phi) is 20.8. The maximum Gasteiger partial charge on any atom is 0.217 e. The van der Waals surface area contributed by atoms with E-state index in [-0.39, 0.29) is 0 Å². The maximum absolute atomic E-state index is 12.8. The van der Waals surface area contributed by atoms with Crippen LogP contribution in [0.3, 0.4) is 0 Å². The van der Waals surface area contributed by atoms with E-state index in [1.807, 2.05) is 0 Å². The minimum Gasteiger partial charge on any atom is -0.394 e. The summed E-state index contributed by atoms with van der Waals surface area (Å²) in [5.41, 5.74) is 0. The van der Waals surface area contributed by atoms with Crippen LogP contribution in [0.5, 0.6) is 0 Å². The van der Waals surface area contributed by atoms with Crippen LogP contribution in [0.2, 0.25) is 0 Å². The minimum atomic E-state index is -2.24. The van der Waals surface area contributed by atoms with E-state index in [4.69, 9.17) is 52.1 Å². The van der Waals surface area contributed by atoms with Crippen LogP contribution in [0.4, 0.5) is 0 Å². The van der Waals surface area contributed by atoms with Crippen molar-refractivity contribution >= 4 is 11.8 Å². The number of amides is 2. The van der Waals surface area contributed by atoms with Crippen LogP contribution in [0.15, 0.2) is 0 Å². The molecule has 19 N–H and O–H groups in total. The summed E-state index contributed by atoms with van der Waals surface area (Å²) in [6.45, 7) is -1.30. The van der Waals surface area contributed by atoms with Gasteiger partial charge in [0.15, 0.2) is 37.7 Å². The Bertz CT molecular complexity index is 1730. The molecule has 0 radical (unpaired) electrons. The van der Waals surface area contributed by atoms with Crippen molar-refractivity contribution in [2.45, 2.75) is 205 Å². The normalized spacial score (nSPS) is 50.3. The quantitative estimate of drug-likeness (QED) is 0.0643. The lowest BCUT2D eigenvalue weighted by atomic mass is 9.93. The van der Waals surface area contributed by atoms with Gasteiger partial charge in [-0.2, -0.15) is 0 Å². The van der Waals surface area contributed by atoms with E-state index >= 15 is 0 Å². The average molecular weight is 1060 g/mol. The Morgan fingerprint density at radius 3 is 1.36 bits per heavy atom. The third-order valence-electron chi connectivity index (χ3n) is 13.2. The zero-order valence-corrected chi connectivity index (χ0v) is 38.8. The fourth-order valence-corrected chi connectivity index (χ4v) is 9.15. The molecule has 0 aliphatic carbocycles. The average Bonchev–Trinajstić information content (AvgIpc) is 3.34. The summed E-state index contributed by atoms with van der Waals surface area (Å²) in [7, 11) is 0. The number of hydrogen-bond donors (Lipinski definition) is 19. The van der Waals surface area contributed by atoms with Crippen molar-refractivity contribution in [3.63, 3.8) is 0 Å². The van der Waals surface area contributed by atoms with Crippen molar-refractivity contribution in [3.8, 4) is 0 Å². The predicted molar refractivity (Wildman–Crippen MR) is 221 cm³/mol. The van der Waals surface area contributed by atoms with Crippen molar-refractivity contribution in [1.29, 1.82) is 0 Å². The standard InChI is InChI=1S/C40H68N2O30/c1-9-19(49)24(54)28(58)38(63-9)71-33-18(42-11(3)48)35(61)64-15(7-46)32(33)70-36-17(41-10(2)47)23(53)31(14(6-45)67-36)69-40-30(60)34(72-39-29(59)26(56)21(51)13(5-44)66-39)22(52)16(68-40)8-62-37-27(57)25(55)20(50)12(4-43)65-37/h9,12-40,43-46,49-61H,4-8H2,1-3H3,(H,41,47)(H,42,48)/t9-,12+,13+,14-,15-,16+,17-,18-,19+,20+,21+,22+,23-,24+,25-,26-,27-,28-,29-,30-,31-,32-,33-,34-,35?,36+,37-,38-,39+,40-/m1/s1. The molecule has 6 saturated heterocycles. The summed E-state index contributed by atoms with van der Waals surface area (Å²) in [6, 6.07) is -3.42. The van der Waals surface area contributed by atoms with E-state index in [9.17, 15) is 96.4 Å². The molecule has 6 aliphatic rings. The molecule has 6 aliphatic heterocycles. The molecule has 1 unspecified atom stereocenters. The molecule has 418 valence electrons. The number of nitrogens with one attached hydrogen (secondary N) is 2. The van der Waals surface area contributed by atoms with Crippen LogP contribution in [0.1, 0.15) is 20.8 Å². The van der Waals surface area contributed by atoms with Gasteiger partial charge >= 0.3 is 0 Å². The molecule has 32 heteroatoms. The van der Waals surface area contributed by atoms with Gasteiger partial charge in [0.05, 0.1) is 39.1 Å². The fraction of sp³-hybridized carbons (Fsp3) is 0.950. The Balaban J connectivity index is 1.29. The number of carbonyl (C=O) groups excluding carboxylic acids is 2. The minimum absolute atomic E-state index is 0.768. The first-order valence-electron chi connectivity index (χ1n) is 23.0. The second-order valence-corrected chi connectivity index (χ2v) is 18.3. The first kappa shape index (κ1) is 59.1. The topological polar surface area (TPSA) is 504 Å². The highest BCUT2D eigenvalue weighted by atomic mass is 16.8. The SMILES string of the molecule is CC(=O)N[C@H]1[C@H](O[C@H]2[C@H](O[C@H]3O[C@H](C)[C@H](O)[C@H](O)[C@H]3O)[C@@H](NC(C)=O)C(O)O[C@@H]2CO)O[C@H](CO)[C@@H](O[C@H]2O[C@@H](CO[C@@H]3O[C@@H](CO)[C@H](O)[C@@H](O)[C@H]3O)[C@H](O)[C@@H](O[C@@H]3O[C@@H](CO)[C@H](O)[C@@H](O)[C@H]3O)[C@H]2O)[C@@H]1O. The summed E-state index contributed by atoms with van der Waals surface area (Å²) in [5.74, 6) is -1.62. The van der Waals surface area contributed by atoms with Crippen molar-refractivity contribution < 1.29 is 149 Å². The fourth-order valence-electron chi connectivity index (χ4n) is 9.15. The van der Waals surface area contributed by atoms with Crippen LogP contribution in [0, 0.1) is 0 Å². The first-order valence-corrected chi connectivity index (χ1v) is 23.0. The smallest absolute Gasteiger partial charge is 0.217 e. The Hall–Kier alpha value is -2.18. The van der Waals surface area contributed by atoms with Crippen LogP contribution in [0.25, 0.3) is 0 Å². The van der Waals surface area contributed by atoms with Crippen LogP contribution in [-0.2, 0) is 61.7 Å². The van der Waals surface area contributed by atoms with Gasteiger partial charge in [-0.1, -0.05) is 0 Å². The number of aliphatic hydroxyl groups is 17. The number of aliphatic hydroxyl groups excluding tert-OH is 17. The molecule has 6 heterocycles. The Morgan fingerprint density at radius 1 is 0.389 bits per heavy atom. The van der Waals surface area contributed by atoms with Gasteiger partial charge in [-0.05, 0) is 6.92 Å². The van der Waals surface area contributed by atoms with Crippen molar-refractivity contribution in [3.05, 3.63) is 0 Å². The zero-order valence-electron chi connectivity index (χ0n) is 38.8. The number of ether oxygens (including phenoxy) is 11. The number of rotatable bonds is 17. The highest BCUT2D eigenvalue weighted by molar-refractivity contribution is 5.73. The molecule has 0 saturated carbocycles. The summed E-state index contributed by atoms with van der Waals surface area (Å²) >= 11 is 0. The van der Waals surface area contributed by atoms with Crippen LogP contribution < -0.4 is 10.6 Å². The van der Waals surface area contributed by atoms with Gasteiger partial charge in [0.25, 0.3) is 0 Å². The maximum atomic E-state index is 12.8. The van der Waals surface area contributed by atoms with E-state index in [0.29, 0.717) is 0 Å². The number of hydrogen-bond acceptors (Lipinski definition) is 30. The molecular formula is C40H68N2O30. The molecule has 0 aromatic rings. The van der Waals surface area contributed by atoms with Crippen LogP contribution >= 0.6 is 0 Å². The highest BCUT2D eigenvalue weighted by Gasteiger charge is 2.58. The van der Waals surface area contributed by atoms with E-state index in [2.05, 4.69) is 10.6 Å². The molecular weight excluding hydrogens is 988 g/mol. The molecule has 0 bridgehead atoms. The summed E-state index contributed by atoms with van der Waals surface area (Å²) in [5, 5.41) is 186. The van der Waals surface area contributed by atoms with Crippen molar-refractivity contribution in [2.75, 3.05) is 33.0 Å². The molecule has 6 fully saturated rings. The van der Waals surface area contributed by atoms with E-state index in [0.717, 1.165) is 13.8 Å². The molecule has 6 rings (SSSR count). The van der Waals surface area contributed by atoms with Gasteiger partial charge in [-0.25, -0.2) is 0 Å². The molecule has 0 aromatic carbocycles. The van der Waals surface area contributed by atoms with Gasteiger partial charge in [0, 0.05) is 13.8 Å². The second-order valence-electron chi connectivity index (χ2n) is 18.3. The summed E-state index contributed by atoms with van der Waals surface area (Å²) in [4.78, 5) is 25.2. The van der Waals surface area contributed by atoms with Crippen molar-refractivity contribution in [1.82, 2.24) is 10.6 Å². The van der Waals surface area contributed by atoms with E-state index in [1.54, 1.807) is 0 Å². The first-order chi connectivity index (χ1) is 34.0. The molecule has 0 spiro atoms.